The monoisotopic (exact) mass is 211 g/mol. The van der Waals surface area contributed by atoms with Crippen molar-refractivity contribution in [2.24, 2.45) is 5.92 Å². The number of unbranched alkanes of at least 4 members (excludes halogenated alkanes) is 4. The molecule has 1 saturated carbocycles. The first kappa shape index (κ1) is 13.0. The predicted octanol–water partition coefficient (Wildman–Crippen LogP) is 4.13. The zero-order valence-corrected chi connectivity index (χ0v) is 10.7. The molecule has 0 aromatic rings. The van der Waals surface area contributed by atoms with E-state index in [0.717, 1.165) is 12.0 Å². The molecule has 1 fully saturated rings. The minimum absolute atomic E-state index is 0.741. The van der Waals surface area contributed by atoms with Gasteiger partial charge in [0, 0.05) is 6.04 Å². The Morgan fingerprint density at radius 3 is 2.53 bits per heavy atom. The molecule has 1 aliphatic carbocycles. The lowest BCUT2D eigenvalue weighted by Crippen LogP contribution is -2.27. The Balaban J connectivity index is 1.77. The van der Waals surface area contributed by atoms with Crippen LogP contribution in [0.25, 0.3) is 0 Å². The summed E-state index contributed by atoms with van der Waals surface area (Å²) in [5.74, 6) is 1.08. The summed E-state index contributed by atoms with van der Waals surface area (Å²) >= 11 is 0. The zero-order valence-electron chi connectivity index (χ0n) is 10.7. The fraction of sp³-hybridized carbons (Fsp3) is 1.00. The first-order valence-corrected chi connectivity index (χ1v) is 7.06. The first-order valence-electron chi connectivity index (χ1n) is 7.06. The Kier molecular flexibility index (Phi) is 7.08. The van der Waals surface area contributed by atoms with Crippen molar-refractivity contribution in [1.82, 2.24) is 5.32 Å². The van der Waals surface area contributed by atoms with E-state index in [1.807, 2.05) is 0 Å². The molecule has 0 aliphatic heterocycles. The maximum atomic E-state index is 3.64. The Hall–Kier alpha value is -0.0400. The maximum absolute atomic E-state index is 3.64. The number of hydrogen-bond donors (Lipinski definition) is 1. The third-order valence-corrected chi connectivity index (χ3v) is 3.48. The van der Waals surface area contributed by atoms with Crippen molar-refractivity contribution < 1.29 is 0 Å². The molecular formula is C14H29N. The summed E-state index contributed by atoms with van der Waals surface area (Å²) in [4.78, 5) is 0. The van der Waals surface area contributed by atoms with Crippen LogP contribution in [0.15, 0.2) is 0 Å². The highest BCUT2D eigenvalue weighted by atomic mass is 14.9. The van der Waals surface area contributed by atoms with E-state index in [2.05, 4.69) is 19.2 Å². The molecule has 1 rings (SSSR count). The average Bonchev–Trinajstić information content (AvgIpc) is 3.01. The molecule has 90 valence electrons. The lowest BCUT2D eigenvalue weighted by Gasteiger charge is -2.13. The highest BCUT2D eigenvalue weighted by Crippen LogP contribution is 2.31. The Bertz CT molecular complexity index is 140. The smallest absolute Gasteiger partial charge is 0.00387 e. The van der Waals surface area contributed by atoms with E-state index in [0.29, 0.717) is 0 Å². The maximum Gasteiger partial charge on any atom is 0.00387 e. The average molecular weight is 211 g/mol. The second-order valence-corrected chi connectivity index (χ2v) is 5.29. The molecule has 15 heavy (non-hydrogen) atoms. The van der Waals surface area contributed by atoms with E-state index >= 15 is 0 Å². The first-order chi connectivity index (χ1) is 7.33. The summed E-state index contributed by atoms with van der Waals surface area (Å²) in [6.07, 6.45) is 12.8. The van der Waals surface area contributed by atoms with Crippen molar-refractivity contribution in [3.8, 4) is 0 Å². The largest absolute Gasteiger partial charge is 0.314 e. The van der Waals surface area contributed by atoms with E-state index < -0.39 is 0 Å². The number of rotatable bonds is 10. The second kappa shape index (κ2) is 8.15. The van der Waals surface area contributed by atoms with Gasteiger partial charge in [-0.3, -0.25) is 0 Å². The van der Waals surface area contributed by atoms with Gasteiger partial charge in [0.05, 0.1) is 0 Å². The molecular weight excluding hydrogens is 182 g/mol. The lowest BCUT2D eigenvalue weighted by atomic mass is 10.1. The zero-order chi connectivity index (χ0) is 10.9. The van der Waals surface area contributed by atoms with Gasteiger partial charge in [-0.2, -0.15) is 0 Å². The molecule has 1 unspecified atom stereocenters. The molecule has 1 heteroatoms. The van der Waals surface area contributed by atoms with Crippen LogP contribution in [0.5, 0.6) is 0 Å². The summed E-state index contributed by atoms with van der Waals surface area (Å²) < 4.78 is 0. The fourth-order valence-electron chi connectivity index (χ4n) is 2.10. The molecule has 0 aromatic heterocycles. The Labute approximate surface area is 96.0 Å². The standard InChI is InChI=1S/C14H29N/c1-3-4-5-6-7-8-13(2)15-12-11-14-9-10-14/h13-15H,3-12H2,1-2H3. The van der Waals surface area contributed by atoms with E-state index in [1.165, 1.54) is 64.3 Å². The van der Waals surface area contributed by atoms with Crippen LogP contribution in [0.4, 0.5) is 0 Å². The van der Waals surface area contributed by atoms with Gasteiger partial charge < -0.3 is 5.32 Å². The highest BCUT2D eigenvalue weighted by Gasteiger charge is 2.20. The Morgan fingerprint density at radius 2 is 1.87 bits per heavy atom. The topological polar surface area (TPSA) is 12.0 Å². The van der Waals surface area contributed by atoms with Crippen molar-refractivity contribution in [3.05, 3.63) is 0 Å². The van der Waals surface area contributed by atoms with E-state index in [9.17, 15) is 0 Å². The highest BCUT2D eigenvalue weighted by molar-refractivity contribution is 4.74. The van der Waals surface area contributed by atoms with E-state index in [4.69, 9.17) is 0 Å². The molecule has 1 nitrogen and oxygen atoms in total. The second-order valence-electron chi connectivity index (χ2n) is 5.29. The summed E-state index contributed by atoms with van der Waals surface area (Å²) in [5, 5.41) is 3.64. The molecule has 1 N–H and O–H groups in total. The Morgan fingerprint density at radius 1 is 1.13 bits per heavy atom. The van der Waals surface area contributed by atoms with Crippen molar-refractivity contribution in [1.29, 1.82) is 0 Å². The van der Waals surface area contributed by atoms with Gasteiger partial charge in [-0.25, -0.2) is 0 Å². The van der Waals surface area contributed by atoms with Crippen molar-refractivity contribution in [3.63, 3.8) is 0 Å². The molecule has 0 bridgehead atoms. The summed E-state index contributed by atoms with van der Waals surface area (Å²) in [6, 6.07) is 0.741. The van der Waals surface area contributed by atoms with Crippen LogP contribution in [0.2, 0.25) is 0 Å². The van der Waals surface area contributed by atoms with Gasteiger partial charge in [0.2, 0.25) is 0 Å². The van der Waals surface area contributed by atoms with Gasteiger partial charge in [0.25, 0.3) is 0 Å². The van der Waals surface area contributed by atoms with E-state index in [-0.39, 0.29) is 0 Å². The van der Waals surface area contributed by atoms with Crippen LogP contribution in [0.3, 0.4) is 0 Å². The lowest BCUT2D eigenvalue weighted by molar-refractivity contribution is 0.469. The number of hydrogen-bond acceptors (Lipinski definition) is 1. The molecule has 1 atom stereocenters. The van der Waals surface area contributed by atoms with Crippen LogP contribution in [-0.2, 0) is 0 Å². The van der Waals surface area contributed by atoms with Gasteiger partial charge in [0.15, 0.2) is 0 Å². The van der Waals surface area contributed by atoms with Gasteiger partial charge in [0.1, 0.15) is 0 Å². The fourth-order valence-corrected chi connectivity index (χ4v) is 2.10. The van der Waals surface area contributed by atoms with Crippen LogP contribution in [-0.4, -0.2) is 12.6 Å². The minimum Gasteiger partial charge on any atom is -0.314 e. The summed E-state index contributed by atoms with van der Waals surface area (Å²) in [5.41, 5.74) is 0. The molecule has 0 spiro atoms. The number of nitrogens with one attached hydrogen (secondary N) is 1. The van der Waals surface area contributed by atoms with Crippen LogP contribution in [0, 0.1) is 5.92 Å². The minimum atomic E-state index is 0.741. The molecule has 0 saturated heterocycles. The molecule has 0 heterocycles. The molecule has 0 amide bonds. The quantitative estimate of drug-likeness (QED) is 0.536. The van der Waals surface area contributed by atoms with Crippen LogP contribution < -0.4 is 5.32 Å². The summed E-state index contributed by atoms with van der Waals surface area (Å²) in [7, 11) is 0. The van der Waals surface area contributed by atoms with Gasteiger partial charge in [-0.1, -0.05) is 51.9 Å². The molecule has 0 aromatic carbocycles. The van der Waals surface area contributed by atoms with Gasteiger partial charge >= 0.3 is 0 Å². The summed E-state index contributed by atoms with van der Waals surface area (Å²) in [6.45, 7) is 5.87. The van der Waals surface area contributed by atoms with Gasteiger partial charge in [-0.15, -0.1) is 0 Å². The third-order valence-electron chi connectivity index (χ3n) is 3.48. The molecule has 0 radical (unpaired) electrons. The van der Waals surface area contributed by atoms with Crippen molar-refractivity contribution in [2.45, 2.75) is 77.7 Å². The molecule has 1 aliphatic rings. The van der Waals surface area contributed by atoms with Crippen molar-refractivity contribution >= 4 is 0 Å². The van der Waals surface area contributed by atoms with Crippen LogP contribution >= 0.6 is 0 Å². The third kappa shape index (κ3) is 7.84. The van der Waals surface area contributed by atoms with Gasteiger partial charge in [-0.05, 0) is 32.2 Å². The van der Waals surface area contributed by atoms with Crippen molar-refractivity contribution in [2.75, 3.05) is 6.54 Å². The predicted molar refractivity (Wildman–Crippen MR) is 68.2 cm³/mol. The van der Waals surface area contributed by atoms with Crippen LogP contribution in [0.1, 0.15) is 71.6 Å². The SMILES string of the molecule is CCCCCCCC(C)NCCC1CC1. The van der Waals surface area contributed by atoms with E-state index in [1.54, 1.807) is 0 Å². The normalized spacial score (nSPS) is 18.0.